The van der Waals surface area contributed by atoms with Crippen LogP contribution in [0.5, 0.6) is 0 Å². The Balaban J connectivity index is 1.60. The summed E-state index contributed by atoms with van der Waals surface area (Å²) in [5, 5.41) is 3.37. The van der Waals surface area contributed by atoms with Gasteiger partial charge in [-0.05, 0) is 42.0 Å². The number of rotatable bonds is 3. The third-order valence-corrected chi connectivity index (χ3v) is 4.28. The predicted octanol–water partition coefficient (Wildman–Crippen LogP) is 2.55. The van der Waals surface area contributed by atoms with E-state index in [0.29, 0.717) is 0 Å². The van der Waals surface area contributed by atoms with Gasteiger partial charge < -0.3 is 9.72 Å². The van der Waals surface area contributed by atoms with Crippen molar-refractivity contribution in [3.05, 3.63) is 60.2 Å². The van der Waals surface area contributed by atoms with Crippen molar-refractivity contribution in [2.45, 2.75) is 6.54 Å². The molecule has 0 radical (unpaired) electrons. The molecule has 5 heteroatoms. The molecule has 0 amide bonds. The van der Waals surface area contributed by atoms with Crippen LogP contribution in [0.3, 0.4) is 0 Å². The van der Waals surface area contributed by atoms with Crippen LogP contribution in [0.1, 0.15) is 5.56 Å². The average molecular weight is 310 g/mol. The second-order valence-corrected chi connectivity index (χ2v) is 5.96. The number of aromatic nitrogens is 2. The Kier molecular flexibility index (Phi) is 3.81. The van der Waals surface area contributed by atoms with Crippen molar-refractivity contribution in [2.75, 3.05) is 26.2 Å². The molecule has 1 aromatic carbocycles. The number of fused-ring (bicyclic) bond motifs is 1. The minimum Gasteiger partial charge on any atom is -0.314 e. The van der Waals surface area contributed by atoms with Crippen LogP contribution >= 0.6 is 0 Å². The predicted molar refractivity (Wildman–Crippen MR) is 88.7 cm³/mol. The van der Waals surface area contributed by atoms with Crippen molar-refractivity contribution >= 4 is 5.65 Å². The normalized spacial score (nSPS) is 16.0. The highest BCUT2D eigenvalue weighted by Crippen LogP contribution is 2.20. The zero-order valence-electron chi connectivity index (χ0n) is 12.9. The number of imidazole rings is 1. The Morgan fingerprint density at radius 3 is 2.65 bits per heavy atom. The third-order valence-electron chi connectivity index (χ3n) is 4.28. The number of halogens is 1. The molecule has 0 atom stereocenters. The molecular weight excluding hydrogens is 291 g/mol. The van der Waals surface area contributed by atoms with Gasteiger partial charge in [-0.3, -0.25) is 4.90 Å². The summed E-state index contributed by atoms with van der Waals surface area (Å²) in [5.41, 5.74) is 4.00. The van der Waals surface area contributed by atoms with Crippen LogP contribution in [-0.2, 0) is 6.54 Å². The van der Waals surface area contributed by atoms with E-state index in [2.05, 4.69) is 27.3 Å². The molecule has 3 aromatic rings. The van der Waals surface area contributed by atoms with E-state index in [0.717, 1.165) is 49.6 Å². The quantitative estimate of drug-likeness (QED) is 0.807. The van der Waals surface area contributed by atoms with Crippen molar-refractivity contribution < 1.29 is 4.39 Å². The van der Waals surface area contributed by atoms with Crippen LogP contribution in [0, 0.1) is 5.82 Å². The maximum atomic E-state index is 13.0. The molecule has 0 bridgehead atoms. The zero-order valence-corrected chi connectivity index (χ0v) is 12.9. The molecule has 23 heavy (non-hydrogen) atoms. The van der Waals surface area contributed by atoms with Crippen LogP contribution in [0.25, 0.3) is 16.9 Å². The number of pyridine rings is 1. The molecule has 1 saturated heterocycles. The van der Waals surface area contributed by atoms with Gasteiger partial charge in [0.15, 0.2) is 0 Å². The van der Waals surface area contributed by atoms with Crippen LogP contribution < -0.4 is 5.32 Å². The summed E-state index contributed by atoms with van der Waals surface area (Å²) >= 11 is 0. The highest BCUT2D eigenvalue weighted by molar-refractivity contribution is 5.62. The standard InChI is InChI=1S/C18H19FN4/c19-16-3-1-15(2-4-16)17-13-23-8-5-14(11-18(23)21-17)12-22-9-6-20-7-10-22/h1-5,8,11,13,20H,6-7,9-10,12H2. The van der Waals surface area contributed by atoms with Gasteiger partial charge >= 0.3 is 0 Å². The number of piperazine rings is 1. The van der Waals surface area contributed by atoms with E-state index in [1.54, 1.807) is 12.1 Å². The lowest BCUT2D eigenvalue weighted by Gasteiger charge is -2.27. The van der Waals surface area contributed by atoms with E-state index in [4.69, 9.17) is 0 Å². The molecule has 4 nitrogen and oxygen atoms in total. The first kappa shape index (κ1) is 14.4. The molecule has 3 heterocycles. The Morgan fingerprint density at radius 2 is 1.87 bits per heavy atom. The maximum absolute atomic E-state index is 13.0. The van der Waals surface area contributed by atoms with Gasteiger partial charge in [-0.2, -0.15) is 0 Å². The fraction of sp³-hybridized carbons (Fsp3) is 0.278. The summed E-state index contributed by atoms with van der Waals surface area (Å²) in [5.74, 6) is -0.226. The molecule has 2 aromatic heterocycles. The molecule has 0 unspecified atom stereocenters. The number of nitrogens with one attached hydrogen (secondary N) is 1. The lowest BCUT2D eigenvalue weighted by atomic mass is 10.2. The molecule has 118 valence electrons. The largest absolute Gasteiger partial charge is 0.314 e. The van der Waals surface area contributed by atoms with Gasteiger partial charge in [0, 0.05) is 50.7 Å². The van der Waals surface area contributed by atoms with Gasteiger partial charge in [-0.25, -0.2) is 9.37 Å². The fourth-order valence-electron chi connectivity index (χ4n) is 3.01. The van der Waals surface area contributed by atoms with E-state index in [1.165, 1.54) is 17.7 Å². The van der Waals surface area contributed by atoms with Crippen molar-refractivity contribution in [2.24, 2.45) is 0 Å². The number of nitrogens with zero attached hydrogens (tertiary/aromatic N) is 3. The highest BCUT2D eigenvalue weighted by Gasteiger charge is 2.11. The Morgan fingerprint density at radius 1 is 1.09 bits per heavy atom. The lowest BCUT2D eigenvalue weighted by Crippen LogP contribution is -2.42. The molecule has 0 aliphatic carbocycles. The van der Waals surface area contributed by atoms with E-state index < -0.39 is 0 Å². The zero-order chi connectivity index (χ0) is 15.6. The second kappa shape index (κ2) is 6.10. The van der Waals surface area contributed by atoms with E-state index in [1.807, 2.05) is 16.8 Å². The topological polar surface area (TPSA) is 32.6 Å². The van der Waals surface area contributed by atoms with E-state index in [9.17, 15) is 4.39 Å². The first-order chi connectivity index (χ1) is 11.3. The van der Waals surface area contributed by atoms with Crippen molar-refractivity contribution in [3.8, 4) is 11.3 Å². The fourth-order valence-corrected chi connectivity index (χ4v) is 3.01. The molecule has 1 aliphatic heterocycles. The third kappa shape index (κ3) is 3.11. The minimum atomic E-state index is -0.226. The van der Waals surface area contributed by atoms with Crippen molar-refractivity contribution in [1.82, 2.24) is 19.6 Å². The summed E-state index contributed by atoms with van der Waals surface area (Å²) in [7, 11) is 0. The summed E-state index contributed by atoms with van der Waals surface area (Å²) < 4.78 is 15.1. The van der Waals surface area contributed by atoms with Crippen LogP contribution in [-0.4, -0.2) is 40.5 Å². The molecule has 1 N–H and O–H groups in total. The van der Waals surface area contributed by atoms with Gasteiger partial charge in [0.05, 0.1) is 5.69 Å². The lowest BCUT2D eigenvalue weighted by molar-refractivity contribution is 0.233. The molecule has 0 saturated carbocycles. The van der Waals surface area contributed by atoms with E-state index >= 15 is 0 Å². The summed E-state index contributed by atoms with van der Waals surface area (Å²) in [6.45, 7) is 5.23. The van der Waals surface area contributed by atoms with Crippen molar-refractivity contribution in [3.63, 3.8) is 0 Å². The summed E-state index contributed by atoms with van der Waals surface area (Å²) in [6, 6.07) is 10.7. The summed E-state index contributed by atoms with van der Waals surface area (Å²) in [6.07, 6.45) is 4.03. The van der Waals surface area contributed by atoms with Crippen molar-refractivity contribution in [1.29, 1.82) is 0 Å². The molecule has 0 spiro atoms. The monoisotopic (exact) mass is 310 g/mol. The minimum absolute atomic E-state index is 0.226. The van der Waals surface area contributed by atoms with Gasteiger partial charge in [-0.1, -0.05) is 0 Å². The maximum Gasteiger partial charge on any atom is 0.137 e. The van der Waals surface area contributed by atoms with Gasteiger partial charge in [0.2, 0.25) is 0 Å². The Hall–Kier alpha value is -2.24. The Labute approximate surface area is 134 Å². The van der Waals surface area contributed by atoms with Gasteiger partial charge in [0.1, 0.15) is 11.5 Å². The average Bonchev–Trinajstić information content (AvgIpc) is 3.00. The van der Waals surface area contributed by atoms with Crippen LogP contribution in [0.2, 0.25) is 0 Å². The molecule has 1 fully saturated rings. The molecule has 4 rings (SSSR count). The first-order valence-electron chi connectivity index (χ1n) is 7.94. The molecule has 1 aliphatic rings. The molecular formula is C18H19FN4. The Bertz CT molecular complexity index is 804. The second-order valence-electron chi connectivity index (χ2n) is 5.96. The van der Waals surface area contributed by atoms with Gasteiger partial charge in [0.25, 0.3) is 0 Å². The first-order valence-corrected chi connectivity index (χ1v) is 7.94. The summed E-state index contributed by atoms with van der Waals surface area (Å²) in [4.78, 5) is 7.13. The van der Waals surface area contributed by atoms with Crippen LogP contribution in [0.4, 0.5) is 4.39 Å². The highest BCUT2D eigenvalue weighted by atomic mass is 19.1. The van der Waals surface area contributed by atoms with E-state index in [-0.39, 0.29) is 5.82 Å². The van der Waals surface area contributed by atoms with Crippen LogP contribution in [0.15, 0.2) is 48.8 Å². The number of hydrogen-bond donors (Lipinski definition) is 1. The smallest absolute Gasteiger partial charge is 0.137 e. The SMILES string of the molecule is Fc1ccc(-c2cn3ccc(CN4CCNCC4)cc3n2)cc1. The number of benzene rings is 1. The number of hydrogen-bond acceptors (Lipinski definition) is 3. The van der Waals surface area contributed by atoms with Gasteiger partial charge in [-0.15, -0.1) is 0 Å².